The zero-order valence-corrected chi connectivity index (χ0v) is 11.5. The first-order valence-corrected chi connectivity index (χ1v) is 6.98. The molecule has 0 unspecified atom stereocenters. The molecule has 18 heavy (non-hydrogen) atoms. The normalized spacial score (nSPS) is 10.3. The highest BCUT2D eigenvalue weighted by Crippen LogP contribution is 2.21. The Kier molecular flexibility index (Phi) is 4.15. The van der Waals surface area contributed by atoms with E-state index in [-0.39, 0.29) is 5.91 Å². The summed E-state index contributed by atoms with van der Waals surface area (Å²) >= 11 is 1.63. The molecular weight excluding hydrogens is 242 g/mol. The van der Waals surface area contributed by atoms with Gasteiger partial charge >= 0.3 is 0 Å². The van der Waals surface area contributed by atoms with Gasteiger partial charge in [0.1, 0.15) is 0 Å². The molecule has 3 heteroatoms. The van der Waals surface area contributed by atoms with Gasteiger partial charge < -0.3 is 4.90 Å². The number of rotatable bonds is 4. The number of benzene rings is 1. The van der Waals surface area contributed by atoms with Crippen LogP contribution in [-0.2, 0) is 11.2 Å². The van der Waals surface area contributed by atoms with Crippen LogP contribution in [0.25, 0.3) is 0 Å². The van der Waals surface area contributed by atoms with E-state index < -0.39 is 0 Å². The number of likely N-dealkylation sites (N-methyl/N-ethyl adjacent to an activating group) is 1. The Labute approximate surface area is 112 Å². The number of para-hydroxylation sites is 1. The average molecular weight is 259 g/mol. The monoisotopic (exact) mass is 259 g/mol. The third-order valence-electron chi connectivity index (χ3n) is 2.93. The molecule has 0 fully saturated rings. The van der Waals surface area contributed by atoms with Crippen LogP contribution in [0, 0.1) is 6.92 Å². The molecule has 0 atom stereocenters. The summed E-state index contributed by atoms with van der Waals surface area (Å²) in [4.78, 5) is 15.3. The minimum Gasteiger partial charge on any atom is -0.312 e. The first-order valence-electron chi connectivity index (χ1n) is 6.10. The maximum Gasteiger partial charge on any atom is 0.232 e. The number of anilines is 1. The first kappa shape index (κ1) is 12.8. The van der Waals surface area contributed by atoms with Crippen LogP contribution in [0.3, 0.4) is 0 Å². The van der Waals surface area contributed by atoms with Crippen LogP contribution in [0.1, 0.15) is 17.4 Å². The molecule has 1 aromatic heterocycles. The second-order valence-corrected chi connectivity index (χ2v) is 5.21. The molecule has 1 amide bonds. The highest BCUT2D eigenvalue weighted by Gasteiger charge is 2.16. The molecule has 0 saturated carbocycles. The Morgan fingerprint density at radius 1 is 1.22 bits per heavy atom. The van der Waals surface area contributed by atoms with Crippen LogP contribution >= 0.6 is 11.3 Å². The SMILES string of the molecule is CCN(C(=O)Cc1cccs1)c1ccccc1C. The maximum atomic E-state index is 12.3. The van der Waals surface area contributed by atoms with Gasteiger partial charge in [-0.2, -0.15) is 0 Å². The van der Waals surface area contributed by atoms with E-state index in [9.17, 15) is 4.79 Å². The molecule has 0 aliphatic carbocycles. The summed E-state index contributed by atoms with van der Waals surface area (Å²) in [6, 6.07) is 12.0. The fourth-order valence-corrected chi connectivity index (χ4v) is 2.70. The summed E-state index contributed by atoms with van der Waals surface area (Å²) in [5.41, 5.74) is 2.15. The molecule has 0 bridgehead atoms. The molecule has 0 aliphatic rings. The van der Waals surface area contributed by atoms with Crippen LogP contribution in [0.2, 0.25) is 0 Å². The number of hydrogen-bond acceptors (Lipinski definition) is 2. The molecule has 0 N–H and O–H groups in total. The smallest absolute Gasteiger partial charge is 0.232 e. The van der Waals surface area contributed by atoms with Crippen molar-refractivity contribution in [3.8, 4) is 0 Å². The van der Waals surface area contributed by atoms with Gasteiger partial charge in [0.25, 0.3) is 0 Å². The van der Waals surface area contributed by atoms with Crippen molar-refractivity contribution in [2.24, 2.45) is 0 Å². The lowest BCUT2D eigenvalue weighted by Crippen LogP contribution is -2.32. The van der Waals surface area contributed by atoms with Gasteiger partial charge in [0.2, 0.25) is 5.91 Å². The number of carbonyl (C=O) groups excluding carboxylic acids is 1. The van der Waals surface area contributed by atoms with Crippen LogP contribution in [0.4, 0.5) is 5.69 Å². The Morgan fingerprint density at radius 3 is 2.61 bits per heavy atom. The fraction of sp³-hybridized carbons (Fsp3) is 0.267. The second-order valence-electron chi connectivity index (χ2n) is 4.18. The molecule has 0 radical (unpaired) electrons. The molecule has 2 nitrogen and oxygen atoms in total. The predicted octanol–water partition coefficient (Wildman–Crippen LogP) is 3.65. The lowest BCUT2D eigenvalue weighted by Gasteiger charge is -2.22. The van der Waals surface area contributed by atoms with Crippen LogP contribution in [0.5, 0.6) is 0 Å². The van der Waals surface area contributed by atoms with Crippen molar-refractivity contribution in [3.05, 3.63) is 52.2 Å². The first-order chi connectivity index (χ1) is 8.72. The standard InChI is InChI=1S/C15H17NOS/c1-3-16(14-9-5-4-7-12(14)2)15(17)11-13-8-6-10-18-13/h4-10H,3,11H2,1-2H3. The van der Waals surface area contributed by atoms with Crippen molar-refractivity contribution in [1.29, 1.82) is 0 Å². The van der Waals surface area contributed by atoms with E-state index in [1.165, 1.54) is 0 Å². The molecule has 0 saturated heterocycles. The second kappa shape index (κ2) is 5.83. The predicted molar refractivity (Wildman–Crippen MR) is 77.2 cm³/mol. The van der Waals surface area contributed by atoms with E-state index in [2.05, 4.69) is 0 Å². The lowest BCUT2D eigenvalue weighted by molar-refractivity contribution is -0.117. The van der Waals surface area contributed by atoms with Crippen molar-refractivity contribution in [2.45, 2.75) is 20.3 Å². The van der Waals surface area contributed by atoms with Crippen molar-refractivity contribution >= 4 is 22.9 Å². The summed E-state index contributed by atoms with van der Waals surface area (Å²) in [7, 11) is 0. The highest BCUT2D eigenvalue weighted by molar-refractivity contribution is 7.10. The molecule has 0 spiro atoms. The number of hydrogen-bond donors (Lipinski definition) is 0. The van der Waals surface area contributed by atoms with Gasteiger partial charge in [0, 0.05) is 17.1 Å². The number of nitrogens with zero attached hydrogens (tertiary/aromatic N) is 1. The van der Waals surface area contributed by atoms with Gasteiger partial charge in [-0.05, 0) is 36.9 Å². The molecular formula is C15H17NOS. The van der Waals surface area contributed by atoms with Crippen LogP contribution < -0.4 is 4.90 Å². The maximum absolute atomic E-state index is 12.3. The summed E-state index contributed by atoms with van der Waals surface area (Å²) in [6.45, 7) is 4.75. The van der Waals surface area contributed by atoms with Gasteiger partial charge in [-0.15, -0.1) is 11.3 Å². The van der Waals surface area contributed by atoms with Crippen molar-refractivity contribution in [3.63, 3.8) is 0 Å². The third kappa shape index (κ3) is 2.79. The summed E-state index contributed by atoms with van der Waals surface area (Å²) in [6.07, 6.45) is 0.486. The third-order valence-corrected chi connectivity index (χ3v) is 3.81. The molecule has 94 valence electrons. The molecule has 2 rings (SSSR count). The number of thiophene rings is 1. The van der Waals surface area contributed by atoms with E-state index in [0.717, 1.165) is 16.1 Å². The zero-order chi connectivity index (χ0) is 13.0. The highest BCUT2D eigenvalue weighted by atomic mass is 32.1. The largest absolute Gasteiger partial charge is 0.312 e. The average Bonchev–Trinajstić information content (AvgIpc) is 2.85. The van der Waals surface area contributed by atoms with Crippen molar-refractivity contribution in [2.75, 3.05) is 11.4 Å². The molecule has 1 heterocycles. The van der Waals surface area contributed by atoms with Gasteiger partial charge in [-0.3, -0.25) is 4.79 Å². The number of aryl methyl sites for hydroxylation is 1. The Balaban J connectivity index is 2.18. The van der Waals surface area contributed by atoms with Gasteiger partial charge in [0.15, 0.2) is 0 Å². The molecule has 1 aromatic carbocycles. The van der Waals surface area contributed by atoms with Gasteiger partial charge in [-0.1, -0.05) is 24.3 Å². The number of amides is 1. The molecule has 0 aliphatic heterocycles. The van der Waals surface area contributed by atoms with Crippen LogP contribution in [0.15, 0.2) is 41.8 Å². The topological polar surface area (TPSA) is 20.3 Å². The lowest BCUT2D eigenvalue weighted by atomic mass is 10.1. The van der Waals surface area contributed by atoms with Gasteiger partial charge in [0.05, 0.1) is 6.42 Å². The molecule has 2 aromatic rings. The quantitative estimate of drug-likeness (QED) is 0.820. The van der Waals surface area contributed by atoms with E-state index in [1.807, 2.05) is 60.5 Å². The van der Waals surface area contributed by atoms with Crippen LogP contribution in [-0.4, -0.2) is 12.5 Å². The minimum atomic E-state index is 0.161. The summed E-state index contributed by atoms with van der Waals surface area (Å²) in [5.74, 6) is 0.161. The van der Waals surface area contributed by atoms with Crippen molar-refractivity contribution < 1.29 is 4.79 Å². The Bertz CT molecular complexity index is 519. The fourth-order valence-electron chi connectivity index (χ4n) is 2.00. The van der Waals surface area contributed by atoms with E-state index in [0.29, 0.717) is 13.0 Å². The minimum absolute atomic E-state index is 0.161. The summed E-state index contributed by atoms with van der Waals surface area (Å²) in [5, 5.41) is 2.01. The Morgan fingerprint density at radius 2 is 2.00 bits per heavy atom. The summed E-state index contributed by atoms with van der Waals surface area (Å²) < 4.78 is 0. The van der Waals surface area contributed by atoms with Crippen molar-refractivity contribution in [1.82, 2.24) is 0 Å². The Hall–Kier alpha value is -1.61. The van der Waals surface area contributed by atoms with E-state index in [4.69, 9.17) is 0 Å². The number of carbonyl (C=O) groups is 1. The zero-order valence-electron chi connectivity index (χ0n) is 10.7. The van der Waals surface area contributed by atoms with Gasteiger partial charge in [-0.25, -0.2) is 0 Å². The van der Waals surface area contributed by atoms with E-state index in [1.54, 1.807) is 11.3 Å². The van der Waals surface area contributed by atoms with E-state index >= 15 is 0 Å².